The van der Waals surface area contributed by atoms with Crippen molar-refractivity contribution in [2.45, 2.75) is 64.7 Å². The molecule has 1 aliphatic heterocycles. The third-order valence-electron chi connectivity index (χ3n) is 7.74. The molecule has 1 fully saturated rings. The van der Waals surface area contributed by atoms with Gasteiger partial charge in [0.05, 0.1) is 16.8 Å². The molecule has 4 atom stereocenters. The summed E-state index contributed by atoms with van der Waals surface area (Å²) in [5, 5.41) is 5.41. The van der Waals surface area contributed by atoms with Gasteiger partial charge in [0.15, 0.2) is 0 Å². The van der Waals surface area contributed by atoms with Crippen molar-refractivity contribution in [1.29, 1.82) is 0 Å². The summed E-state index contributed by atoms with van der Waals surface area (Å²) >= 11 is 1.63. The number of hydrogen-bond donors (Lipinski definition) is 1. The van der Waals surface area contributed by atoms with Gasteiger partial charge in [0.1, 0.15) is 11.2 Å². The predicted octanol–water partition coefficient (Wildman–Crippen LogP) is 5.06. The molecule has 2 amide bonds. The van der Waals surface area contributed by atoms with Crippen LogP contribution >= 0.6 is 11.3 Å². The summed E-state index contributed by atoms with van der Waals surface area (Å²) in [7, 11) is 0. The molecular weight excluding hydrogens is 418 g/mol. The van der Waals surface area contributed by atoms with Gasteiger partial charge in [-0.15, -0.1) is 11.3 Å². The lowest BCUT2D eigenvalue weighted by Crippen LogP contribution is -2.65. The van der Waals surface area contributed by atoms with Gasteiger partial charge in [-0.05, 0) is 48.3 Å². The Morgan fingerprint density at radius 2 is 1.97 bits per heavy atom. The SMILES string of the molecule is C[C@H]1[C@H](C)CCC[C@@H]1NC(=O)[C@]1(C)Cn2c(cc3sccc32)C(=O)N1Cc1ccccc1. The van der Waals surface area contributed by atoms with Gasteiger partial charge in [-0.1, -0.05) is 57.0 Å². The molecule has 5 rings (SSSR count). The molecule has 0 spiro atoms. The number of carbonyl (C=O) groups is 2. The van der Waals surface area contributed by atoms with E-state index in [0.717, 1.165) is 28.6 Å². The highest BCUT2D eigenvalue weighted by Crippen LogP contribution is 2.36. The minimum absolute atomic E-state index is 0.0459. The third-order valence-corrected chi connectivity index (χ3v) is 8.60. The van der Waals surface area contributed by atoms with Crippen LogP contribution in [0.5, 0.6) is 0 Å². The van der Waals surface area contributed by atoms with Gasteiger partial charge in [0, 0.05) is 12.6 Å². The van der Waals surface area contributed by atoms with E-state index in [2.05, 4.69) is 19.2 Å². The second kappa shape index (κ2) is 8.07. The Bertz CT molecular complexity index is 1150. The largest absolute Gasteiger partial charge is 0.351 e. The molecule has 3 aromatic rings. The first-order chi connectivity index (χ1) is 15.4. The van der Waals surface area contributed by atoms with Gasteiger partial charge in [-0.2, -0.15) is 0 Å². The molecule has 168 valence electrons. The highest BCUT2D eigenvalue weighted by molar-refractivity contribution is 7.17. The van der Waals surface area contributed by atoms with E-state index in [1.54, 1.807) is 16.2 Å². The lowest BCUT2D eigenvalue weighted by Gasteiger charge is -2.45. The van der Waals surface area contributed by atoms with Crippen molar-refractivity contribution in [2.75, 3.05) is 0 Å². The molecule has 1 aromatic carbocycles. The second-order valence-electron chi connectivity index (χ2n) is 9.78. The number of benzene rings is 1. The number of aromatic nitrogens is 1. The van der Waals surface area contributed by atoms with Crippen LogP contribution < -0.4 is 5.32 Å². The van der Waals surface area contributed by atoms with Gasteiger partial charge in [-0.25, -0.2) is 0 Å². The minimum atomic E-state index is -0.964. The predicted molar refractivity (Wildman–Crippen MR) is 129 cm³/mol. The number of hydrogen-bond acceptors (Lipinski definition) is 3. The number of rotatable bonds is 4. The van der Waals surface area contributed by atoms with Gasteiger partial charge < -0.3 is 14.8 Å². The number of amides is 2. The molecule has 2 aromatic heterocycles. The lowest BCUT2D eigenvalue weighted by atomic mass is 9.77. The van der Waals surface area contributed by atoms with E-state index < -0.39 is 5.54 Å². The monoisotopic (exact) mass is 449 g/mol. The summed E-state index contributed by atoms with van der Waals surface area (Å²) < 4.78 is 3.13. The van der Waals surface area contributed by atoms with E-state index in [1.807, 2.05) is 59.3 Å². The van der Waals surface area contributed by atoms with Gasteiger partial charge in [-0.3, -0.25) is 9.59 Å². The highest BCUT2D eigenvalue weighted by atomic mass is 32.1. The maximum atomic E-state index is 13.9. The maximum absolute atomic E-state index is 13.9. The highest BCUT2D eigenvalue weighted by Gasteiger charge is 2.48. The Hall–Kier alpha value is -2.60. The molecule has 32 heavy (non-hydrogen) atoms. The molecule has 2 aliphatic rings. The molecule has 1 N–H and O–H groups in total. The Morgan fingerprint density at radius 1 is 1.19 bits per heavy atom. The Kier molecular flexibility index (Phi) is 5.36. The van der Waals surface area contributed by atoms with Gasteiger partial charge in [0.25, 0.3) is 5.91 Å². The summed E-state index contributed by atoms with van der Waals surface area (Å²) in [6.45, 7) is 7.32. The zero-order chi connectivity index (χ0) is 22.5. The first kappa shape index (κ1) is 21.3. The topological polar surface area (TPSA) is 54.3 Å². The molecule has 0 saturated heterocycles. The Balaban J connectivity index is 1.52. The van der Waals surface area contributed by atoms with E-state index >= 15 is 0 Å². The lowest BCUT2D eigenvalue weighted by molar-refractivity contribution is -0.134. The van der Waals surface area contributed by atoms with Gasteiger partial charge in [0.2, 0.25) is 5.91 Å². The number of nitrogens with zero attached hydrogens (tertiary/aromatic N) is 2. The fourth-order valence-corrected chi connectivity index (χ4v) is 6.22. The first-order valence-electron chi connectivity index (χ1n) is 11.6. The van der Waals surface area contributed by atoms with Crippen molar-refractivity contribution >= 4 is 33.4 Å². The summed E-state index contributed by atoms with van der Waals surface area (Å²) in [5.41, 5.74) is 1.78. The number of thiophene rings is 1. The summed E-state index contributed by atoms with van der Waals surface area (Å²) in [5.74, 6) is 0.905. The molecule has 6 heteroatoms. The van der Waals surface area contributed by atoms with E-state index in [9.17, 15) is 9.59 Å². The third kappa shape index (κ3) is 3.45. The molecule has 0 bridgehead atoms. The molecule has 1 aliphatic carbocycles. The van der Waals surface area contributed by atoms with Gasteiger partial charge >= 0.3 is 0 Å². The molecule has 1 saturated carbocycles. The van der Waals surface area contributed by atoms with Crippen molar-refractivity contribution in [1.82, 2.24) is 14.8 Å². The number of nitrogens with one attached hydrogen (secondary N) is 1. The Morgan fingerprint density at radius 3 is 2.75 bits per heavy atom. The molecule has 0 radical (unpaired) electrons. The van der Waals surface area contributed by atoms with E-state index in [0.29, 0.717) is 30.6 Å². The zero-order valence-electron chi connectivity index (χ0n) is 19.0. The van der Waals surface area contributed by atoms with E-state index in [-0.39, 0.29) is 17.9 Å². The zero-order valence-corrected chi connectivity index (χ0v) is 19.8. The van der Waals surface area contributed by atoms with Crippen molar-refractivity contribution in [3.8, 4) is 0 Å². The summed E-state index contributed by atoms with van der Waals surface area (Å²) in [6, 6.07) is 14.1. The van der Waals surface area contributed by atoms with Crippen LogP contribution in [0.1, 0.15) is 56.1 Å². The van der Waals surface area contributed by atoms with E-state index in [1.165, 1.54) is 6.42 Å². The molecule has 0 unspecified atom stereocenters. The Labute approximate surface area is 193 Å². The summed E-state index contributed by atoms with van der Waals surface area (Å²) in [4.78, 5) is 29.4. The molecule has 5 nitrogen and oxygen atoms in total. The molecular formula is C26H31N3O2S. The second-order valence-corrected chi connectivity index (χ2v) is 10.7. The summed E-state index contributed by atoms with van der Waals surface area (Å²) in [6.07, 6.45) is 3.35. The van der Waals surface area contributed by atoms with Crippen molar-refractivity contribution in [2.24, 2.45) is 11.8 Å². The minimum Gasteiger partial charge on any atom is -0.351 e. The van der Waals surface area contributed by atoms with Crippen LogP contribution in [0.3, 0.4) is 0 Å². The normalized spacial score (nSPS) is 28.0. The average Bonchev–Trinajstić information content (AvgIpc) is 3.37. The van der Waals surface area contributed by atoms with Crippen LogP contribution in [-0.2, 0) is 17.9 Å². The maximum Gasteiger partial charge on any atom is 0.271 e. The van der Waals surface area contributed by atoms with Crippen molar-refractivity contribution in [3.05, 3.63) is 59.1 Å². The fourth-order valence-electron chi connectivity index (χ4n) is 5.40. The molecule has 3 heterocycles. The van der Waals surface area contributed by atoms with Crippen LogP contribution in [0.15, 0.2) is 47.8 Å². The van der Waals surface area contributed by atoms with Crippen LogP contribution in [0, 0.1) is 11.8 Å². The standard InChI is InChI=1S/C26H31N3O2S/c1-17-8-7-11-20(18(17)2)27-25(31)26(3)16-28-21-12-13-32-23(21)14-22(28)24(30)29(26)15-19-9-5-4-6-10-19/h4-6,9-10,12-14,17-18,20H,7-8,11,15-16H2,1-3H3,(H,27,31)/t17-,18+,20+,26+/m1/s1. The quantitative estimate of drug-likeness (QED) is 0.605. The number of carbonyl (C=O) groups excluding carboxylic acids is 2. The van der Waals surface area contributed by atoms with Crippen LogP contribution in [-0.4, -0.2) is 32.9 Å². The van der Waals surface area contributed by atoms with Crippen LogP contribution in [0.4, 0.5) is 0 Å². The van der Waals surface area contributed by atoms with E-state index in [4.69, 9.17) is 0 Å². The number of fused-ring (bicyclic) bond motifs is 3. The smallest absolute Gasteiger partial charge is 0.271 e. The van der Waals surface area contributed by atoms with Crippen LogP contribution in [0.25, 0.3) is 10.2 Å². The first-order valence-corrected chi connectivity index (χ1v) is 12.5. The van der Waals surface area contributed by atoms with Crippen molar-refractivity contribution in [3.63, 3.8) is 0 Å². The average molecular weight is 450 g/mol. The fraction of sp³-hybridized carbons (Fsp3) is 0.462. The van der Waals surface area contributed by atoms with Crippen LogP contribution in [0.2, 0.25) is 0 Å². The van der Waals surface area contributed by atoms with Crippen molar-refractivity contribution < 1.29 is 9.59 Å².